The lowest BCUT2D eigenvalue weighted by Crippen LogP contribution is -2.44. The van der Waals surface area contributed by atoms with E-state index in [0.29, 0.717) is 29.7 Å². The maximum Gasteiger partial charge on any atom is 0.417 e. The summed E-state index contributed by atoms with van der Waals surface area (Å²) in [6.45, 7) is 1.01. The summed E-state index contributed by atoms with van der Waals surface area (Å²) in [6, 6.07) is 8.03. The molecule has 1 amide bonds. The Morgan fingerprint density at radius 1 is 1.10 bits per heavy atom. The topological polar surface area (TPSA) is 60.5 Å². The number of carbonyl (C=O) groups excluding carboxylic acids is 1. The summed E-state index contributed by atoms with van der Waals surface area (Å²) in [5.41, 5.74) is -0.295. The predicted octanol–water partition coefficient (Wildman–Crippen LogP) is 4.55. The van der Waals surface area contributed by atoms with Crippen LogP contribution in [0.4, 0.5) is 13.2 Å². The normalized spacial score (nSPS) is 17.6. The molecule has 0 saturated heterocycles. The number of amides is 1. The molecule has 0 unspecified atom stereocenters. The third-order valence-electron chi connectivity index (χ3n) is 5.35. The van der Waals surface area contributed by atoms with Crippen LogP contribution in [0.15, 0.2) is 41.6 Å². The molecule has 2 aromatic rings. The first-order chi connectivity index (χ1) is 14.4. The van der Waals surface area contributed by atoms with Crippen LogP contribution in [0.5, 0.6) is 11.5 Å². The lowest BCUT2D eigenvalue weighted by Gasteiger charge is -2.32. The van der Waals surface area contributed by atoms with Gasteiger partial charge in [-0.15, -0.1) is 0 Å². The third kappa shape index (κ3) is 4.50. The number of fused-ring (bicyclic) bond motifs is 1. The molecule has 1 aliphatic heterocycles. The molecule has 1 aromatic carbocycles. The summed E-state index contributed by atoms with van der Waals surface area (Å²) >= 11 is 1.11. The van der Waals surface area contributed by atoms with Crippen molar-refractivity contribution in [2.75, 3.05) is 19.0 Å². The summed E-state index contributed by atoms with van der Waals surface area (Å²) in [5, 5.41) is 3.53. The Balaban J connectivity index is 1.42. The van der Waals surface area contributed by atoms with E-state index in [9.17, 15) is 18.0 Å². The Bertz CT molecular complexity index is 913. The Morgan fingerprint density at radius 3 is 2.50 bits per heavy atom. The van der Waals surface area contributed by atoms with Crippen LogP contribution < -0.4 is 14.8 Å². The van der Waals surface area contributed by atoms with Crippen LogP contribution in [0.2, 0.25) is 0 Å². The summed E-state index contributed by atoms with van der Waals surface area (Å²) in [6.07, 6.45) is 0.00769. The molecule has 1 aromatic heterocycles. The number of nitrogens with one attached hydrogen (secondary N) is 1. The number of nitrogens with zero attached hydrogens (tertiary/aromatic N) is 1. The van der Waals surface area contributed by atoms with Crippen molar-refractivity contribution < 1.29 is 27.4 Å². The van der Waals surface area contributed by atoms with Gasteiger partial charge in [-0.2, -0.15) is 13.2 Å². The molecule has 0 spiro atoms. The van der Waals surface area contributed by atoms with Crippen molar-refractivity contribution in [3.05, 3.63) is 47.7 Å². The van der Waals surface area contributed by atoms with Crippen LogP contribution in [0.1, 0.15) is 36.8 Å². The Morgan fingerprint density at radius 2 is 1.83 bits per heavy atom. The fraction of sp³-hybridized carbons (Fsp3) is 0.429. The van der Waals surface area contributed by atoms with E-state index in [4.69, 9.17) is 9.47 Å². The SMILES string of the molecule is O=C(CSc1ccc(C(F)(F)F)cn1)NC1(c2ccc3c(c2)OCCO3)CCCC1. The fourth-order valence-electron chi connectivity index (χ4n) is 3.88. The minimum absolute atomic E-state index is 0.0741. The van der Waals surface area contributed by atoms with Crippen LogP contribution in [0.3, 0.4) is 0 Å². The van der Waals surface area contributed by atoms with Gasteiger partial charge in [0.05, 0.1) is 21.9 Å². The molecule has 1 N–H and O–H groups in total. The number of halogens is 3. The third-order valence-corrected chi connectivity index (χ3v) is 6.29. The molecule has 0 radical (unpaired) electrons. The van der Waals surface area contributed by atoms with Crippen molar-refractivity contribution in [2.24, 2.45) is 0 Å². The van der Waals surface area contributed by atoms with E-state index >= 15 is 0 Å². The summed E-state index contributed by atoms with van der Waals surface area (Å²) < 4.78 is 49.2. The largest absolute Gasteiger partial charge is 0.486 e. The minimum atomic E-state index is -4.42. The van der Waals surface area contributed by atoms with E-state index in [-0.39, 0.29) is 11.7 Å². The highest BCUT2D eigenvalue weighted by Gasteiger charge is 2.38. The van der Waals surface area contributed by atoms with E-state index < -0.39 is 17.3 Å². The minimum Gasteiger partial charge on any atom is -0.486 e. The highest BCUT2D eigenvalue weighted by Crippen LogP contribution is 2.42. The number of carbonyl (C=O) groups is 1. The quantitative estimate of drug-likeness (QED) is 0.694. The number of thioether (sulfide) groups is 1. The molecule has 2 aliphatic rings. The number of hydrogen-bond acceptors (Lipinski definition) is 5. The van der Waals surface area contributed by atoms with Crippen molar-refractivity contribution in [2.45, 2.75) is 42.4 Å². The van der Waals surface area contributed by atoms with Crippen molar-refractivity contribution in [3.63, 3.8) is 0 Å². The first kappa shape index (κ1) is 20.8. The van der Waals surface area contributed by atoms with Crippen LogP contribution >= 0.6 is 11.8 Å². The van der Waals surface area contributed by atoms with Gasteiger partial charge < -0.3 is 14.8 Å². The maximum absolute atomic E-state index is 12.7. The summed E-state index contributed by atoms with van der Waals surface area (Å²) in [4.78, 5) is 16.5. The van der Waals surface area contributed by atoms with E-state index in [0.717, 1.165) is 55.3 Å². The fourth-order valence-corrected chi connectivity index (χ4v) is 4.52. The van der Waals surface area contributed by atoms with Gasteiger partial charge in [0.2, 0.25) is 5.91 Å². The first-order valence-electron chi connectivity index (χ1n) is 9.73. The molecular formula is C21H21F3N2O3S. The standard InChI is InChI=1S/C21H21F3N2O3S/c22-21(23,24)15-4-6-19(25-12-15)30-13-18(27)26-20(7-1-2-8-20)14-3-5-16-17(11-14)29-10-9-28-16/h3-6,11-12H,1-2,7-10,13H2,(H,26,27). The van der Waals surface area contributed by atoms with E-state index in [2.05, 4.69) is 10.3 Å². The van der Waals surface area contributed by atoms with Gasteiger partial charge in [-0.05, 0) is 42.7 Å². The van der Waals surface area contributed by atoms with Crippen molar-refractivity contribution in [1.82, 2.24) is 10.3 Å². The molecule has 9 heteroatoms. The number of rotatable bonds is 5. The number of pyridine rings is 1. The van der Waals surface area contributed by atoms with Gasteiger partial charge in [-0.1, -0.05) is 30.7 Å². The molecule has 1 saturated carbocycles. The Hall–Kier alpha value is -2.42. The average molecular weight is 438 g/mol. The second-order valence-electron chi connectivity index (χ2n) is 7.37. The highest BCUT2D eigenvalue weighted by atomic mass is 32.2. The molecule has 0 bridgehead atoms. The van der Waals surface area contributed by atoms with E-state index in [1.165, 1.54) is 6.07 Å². The highest BCUT2D eigenvalue weighted by molar-refractivity contribution is 7.99. The number of aromatic nitrogens is 1. The van der Waals surface area contributed by atoms with Crippen LogP contribution in [-0.2, 0) is 16.5 Å². The van der Waals surface area contributed by atoms with Gasteiger partial charge in [0.25, 0.3) is 0 Å². The zero-order chi connectivity index (χ0) is 21.2. The van der Waals surface area contributed by atoms with Gasteiger partial charge in [0.1, 0.15) is 13.2 Å². The Labute approximate surface area is 176 Å². The Kier molecular flexibility index (Phi) is 5.81. The molecule has 5 nitrogen and oxygen atoms in total. The zero-order valence-electron chi connectivity index (χ0n) is 16.1. The number of benzene rings is 1. The maximum atomic E-state index is 12.7. The summed E-state index contributed by atoms with van der Waals surface area (Å²) in [5.74, 6) is 1.28. The van der Waals surface area contributed by atoms with Gasteiger partial charge in [-0.3, -0.25) is 4.79 Å². The molecule has 160 valence electrons. The predicted molar refractivity (Wildman–Crippen MR) is 106 cm³/mol. The van der Waals surface area contributed by atoms with Crippen LogP contribution in [0.25, 0.3) is 0 Å². The molecule has 4 rings (SSSR count). The van der Waals surface area contributed by atoms with Gasteiger partial charge >= 0.3 is 6.18 Å². The first-order valence-corrected chi connectivity index (χ1v) is 10.7. The van der Waals surface area contributed by atoms with Gasteiger partial charge in [0.15, 0.2) is 11.5 Å². The monoisotopic (exact) mass is 438 g/mol. The van der Waals surface area contributed by atoms with Crippen LogP contribution in [0, 0.1) is 0 Å². The molecular weight excluding hydrogens is 417 g/mol. The number of ether oxygens (including phenoxy) is 2. The van der Waals surface area contributed by atoms with Crippen molar-refractivity contribution in [1.29, 1.82) is 0 Å². The molecule has 1 fully saturated rings. The van der Waals surface area contributed by atoms with Gasteiger partial charge in [-0.25, -0.2) is 4.98 Å². The lowest BCUT2D eigenvalue weighted by atomic mass is 9.87. The average Bonchev–Trinajstić information content (AvgIpc) is 3.21. The van der Waals surface area contributed by atoms with Crippen LogP contribution in [-0.4, -0.2) is 29.9 Å². The molecule has 0 atom stereocenters. The van der Waals surface area contributed by atoms with Crippen molar-refractivity contribution in [3.8, 4) is 11.5 Å². The number of alkyl halides is 3. The second-order valence-corrected chi connectivity index (χ2v) is 8.36. The van der Waals surface area contributed by atoms with E-state index in [1.54, 1.807) is 0 Å². The summed E-state index contributed by atoms with van der Waals surface area (Å²) in [7, 11) is 0. The molecule has 2 heterocycles. The lowest BCUT2D eigenvalue weighted by molar-refractivity contribution is -0.137. The molecule has 30 heavy (non-hydrogen) atoms. The number of hydrogen-bond donors (Lipinski definition) is 1. The second kappa shape index (κ2) is 8.37. The smallest absolute Gasteiger partial charge is 0.417 e. The van der Waals surface area contributed by atoms with Gasteiger partial charge in [0, 0.05) is 6.20 Å². The zero-order valence-corrected chi connectivity index (χ0v) is 16.9. The molecule has 1 aliphatic carbocycles. The van der Waals surface area contributed by atoms with E-state index in [1.807, 2.05) is 18.2 Å². The van der Waals surface area contributed by atoms with Crippen molar-refractivity contribution >= 4 is 17.7 Å².